The summed E-state index contributed by atoms with van der Waals surface area (Å²) in [6.07, 6.45) is 0. The highest BCUT2D eigenvalue weighted by Crippen LogP contribution is 2.34. The Morgan fingerprint density at radius 3 is 2.56 bits per heavy atom. The number of rotatable bonds is 3. The van der Waals surface area contributed by atoms with Gasteiger partial charge < -0.3 is 4.57 Å². The van der Waals surface area contributed by atoms with Gasteiger partial charge in [0.15, 0.2) is 0 Å². The summed E-state index contributed by atoms with van der Waals surface area (Å²) in [6.45, 7) is 3.46. The van der Waals surface area contributed by atoms with Gasteiger partial charge in [-0.05, 0) is 37.7 Å². The van der Waals surface area contributed by atoms with Gasteiger partial charge in [-0.2, -0.15) is 22.9 Å². The summed E-state index contributed by atoms with van der Waals surface area (Å²) in [4.78, 5) is 8.12. The molecule has 3 rings (SSSR count). The van der Waals surface area contributed by atoms with Crippen LogP contribution in [-0.4, -0.2) is 32.6 Å². The average molecular weight is 419 g/mol. The first-order valence-corrected chi connectivity index (χ1v) is 9.54. The Labute approximate surface area is 158 Å². The molecule has 132 valence electrons. The first-order chi connectivity index (χ1) is 11.6. The summed E-state index contributed by atoms with van der Waals surface area (Å²) in [7, 11) is -2.44. The Morgan fingerprint density at radius 1 is 1.20 bits per heavy atom. The standard InChI is InChI=1S/C13H12Cl2N6O2S2/c1-6-4-5-8(14)10(9(6)15)19-25(22,23)12-17-11-16-7(2)20(3)13(24)21(11)18-12/h4-5,19H,1-3H3. The SMILES string of the molecule is Cc1ccc(Cl)c(NS(=O)(=O)c2nc3nc(C)n(C)c(=S)n3n2)c1Cl. The number of fused-ring (bicyclic) bond motifs is 1. The number of hydrogen-bond acceptors (Lipinski definition) is 6. The number of aryl methyl sites for hydroxylation is 2. The van der Waals surface area contributed by atoms with E-state index in [0.29, 0.717) is 11.4 Å². The molecule has 1 aromatic carbocycles. The van der Waals surface area contributed by atoms with Crippen LogP contribution in [0, 0.1) is 18.6 Å². The molecule has 0 aliphatic rings. The highest BCUT2D eigenvalue weighted by Gasteiger charge is 2.24. The highest BCUT2D eigenvalue weighted by atomic mass is 35.5. The number of nitrogens with one attached hydrogen (secondary N) is 1. The first kappa shape index (κ1) is 18.1. The molecule has 0 atom stereocenters. The second kappa shape index (κ2) is 6.20. The Hall–Kier alpha value is -1.75. The first-order valence-electron chi connectivity index (χ1n) is 6.89. The second-order valence-electron chi connectivity index (χ2n) is 5.27. The van der Waals surface area contributed by atoms with E-state index in [1.165, 1.54) is 4.52 Å². The van der Waals surface area contributed by atoms with Crippen molar-refractivity contribution in [1.82, 2.24) is 24.1 Å². The van der Waals surface area contributed by atoms with Gasteiger partial charge in [0, 0.05) is 7.05 Å². The topological polar surface area (TPSA) is 94.2 Å². The molecule has 0 spiro atoms. The van der Waals surface area contributed by atoms with Crippen molar-refractivity contribution in [2.45, 2.75) is 19.0 Å². The normalized spacial score (nSPS) is 11.9. The molecule has 2 heterocycles. The van der Waals surface area contributed by atoms with E-state index in [2.05, 4.69) is 19.8 Å². The van der Waals surface area contributed by atoms with Gasteiger partial charge in [0.1, 0.15) is 5.82 Å². The van der Waals surface area contributed by atoms with Gasteiger partial charge in [-0.1, -0.05) is 29.3 Å². The molecule has 0 radical (unpaired) electrons. The van der Waals surface area contributed by atoms with Crippen LogP contribution < -0.4 is 4.72 Å². The third-order valence-corrected chi connectivity index (χ3v) is 5.92. The van der Waals surface area contributed by atoms with Crippen molar-refractivity contribution in [2.75, 3.05) is 4.72 Å². The maximum Gasteiger partial charge on any atom is 0.299 e. The fraction of sp³-hybridized carbons (Fsp3) is 0.231. The Bertz CT molecular complexity index is 1170. The second-order valence-corrected chi connectivity index (χ2v) is 7.99. The fourth-order valence-corrected chi connectivity index (χ4v) is 3.83. The zero-order valence-electron chi connectivity index (χ0n) is 13.3. The molecule has 0 aliphatic heterocycles. The molecule has 0 amide bonds. The van der Waals surface area contributed by atoms with E-state index in [9.17, 15) is 8.42 Å². The van der Waals surface area contributed by atoms with Gasteiger partial charge in [0.2, 0.25) is 4.77 Å². The lowest BCUT2D eigenvalue weighted by atomic mass is 10.2. The Morgan fingerprint density at radius 2 is 1.88 bits per heavy atom. The smallest absolute Gasteiger partial charge is 0.299 e. The van der Waals surface area contributed by atoms with E-state index in [1.54, 1.807) is 37.6 Å². The van der Waals surface area contributed by atoms with Crippen LogP contribution in [0.2, 0.25) is 10.0 Å². The van der Waals surface area contributed by atoms with Crippen molar-refractivity contribution in [3.05, 3.63) is 38.3 Å². The van der Waals surface area contributed by atoms with Crippen LogP contribution >= 0.6 is 35.4 Å². The molecule has 1 N–H and O–H groups in total. The lowest BCUT2D eigenvalue weighted by Gasteiger charge is -2.10. The van der Waals surface area contributed by atoms with E-state index in [4.69, 9.17) is 35.4 Å². The van der Waals surface area contributed by atoms with Gasteiger partial charge in [0.25, 0.3) is 21.0 Å². The maximum atomic E-state index is 12.6. The van der Waals surface area contributed by atoms with Crippen molar-refractivity contribution in [3.8, 4) is 0 Å². The van der Waals surface area contributed by atoms with Crippen LogP contribution in [0.5, 0.6) is 0 Å². The Balaban J connectivity index is 2.13. The van der Waals surface area contributed by atoms with Gasteiger partial charge in [-0.25, -0.2) is 0 Å². The van der Waals surface area contributed by atoms with Crippen molar-refractivity contribution < 1.29 is 8.42 Å². The number of aromatic nitrogens is 5. The molecular weight excluding hydrogens is 407 g/mol. The summed E-state index contributed by atoms with van der Waals surface area (Å²) < 4.78 is 30.6. The molecule has 0 unspecified atom stereocenters. The summed E-state index contributed by atoms with van der Waals surface area (Å²) in [6, 6.07) is 3.23. The van der Waals surface area contributed by atoms with E-state index < -0.39 is 15.2 Å². The summed E-state index contributed by atoms with van der Waals surface area (Å²) in [5.41, 5.74) is 0.736. The van der Waals surface area contributed by atoms with Crippen LogP contribution in [0.4, 0.5) is 5.69 Å². The monoisotopic (exact) mass is 418 g/mol. The molecule has 0 saturated carbocycles. The number of benzene rings is 1. The number of nitrogens with zero attached hydrogens (tertiary/aromatic N) is 5. The van der Waals surface area contributed by atoms with Gasteiger partial charge in [-0.15, -0.1) is 5.10 Å². The molecule has 25 heavy (non-hydrogen) atoms. The van der Waals surface area contributed by atoms with E-state index >= 15 is 0 Å². The quantitative estimate of drug-likeness (QED) is 0.656. The van der Waals surface area contributed by atoms with Crippen molar-refractivity contribution in [3.63, 3.8) is 0 Å². The summed E-state index contributed by atoms with van der Waals surface area (Å²) in [5, 5.41) is 3.82. The fourth-order valence-electron chi connectivity index (χ4n) is 2.03. The van der Waals surface area contributed by atoms with E-state index in [-0.39, 0.29) is 26.3 Å². The third-order valence-electron chi connectivity index (χ3n) is 3.55. The predicted octanol–water partition coefficient (Wildman–Crippen LogP) is 2.92. The highest BCUT2D eigenvalue weighted by molar-refractivity contribution is 7.92. The molecule has 2 aromatic heterocycles. The molecule has 8 nitrogen and oxygen atoms in total. The molecule has 0 fully saturated rings. The predicted molar refractivity (Wildman–Crippen MR) is 97.3 cm³/mol. The summed E-state index contributed by atoms with van der Waals surface area (Å²) >= 11 is 17.4. The van der Waals surface area contributed by atoms with Gasteiger partial charge in [0.05, 0.1) is 15.7 Å². The van der Waals surface area contributed by atoms with Crippen LogP contribution in [-0.2, 0) is 17.1 Å². The van der Waals surface area contributed by atoms with Gasteiger partial charge >= 0.3 is 0 Å². The number of anilines is 1. The number of sulfonamides is 1. The number of halogens is 2. The lowest BCUT2D eigenvalue weighted by molar-refractivity contribution is 0.591. The maximum absolute atomic E-state index is 12.6. The molecule has 0 saturated heterocycles. The van der Waals surface area contributed by atoms with Crippen LogP contribution in [0.3, 0.4) is 0 Å². The third kappa shape index (κ3) is 3.10. The minimum atomic E-state index is -4.14. The van der Waals surface area contributed by atoms with Crippen molar-refractivity contribution in [1.29, 1.82) is 0 Å². The molecular formula is C13H12Cl2N6O2S2. The molecule has 12 heteroatoms. The lowest BCUT2D eigenvalue weighted by Crippen LogP contribution is -2.15. The van der Waals surface area contributed by atoms with Crippen molar-refractivity contribution in [2.24, 2.45) is 7.05 Å². The molecule has 0 aliphatic carbocycles. The molecule has 0 bridgehead atoms. The van der Waals surface area contributed by atoms with Crippen LogP contribution in [0.25, 0.3) is 5.78 Å². The van der Waals surface area contributed by atoms with Crippen LogP contribution in [0.15, 0.2) is 17.3 Å². The number of hydrogen-bond donors (Lipinski definition) is 1. The zero-order valence-corrected chi connectivity index (χ0v) is 16.4. The summed E-state index contributed by atoms with van der Waals surface area (Å²) in [5.74, 6) is 0.661. The zero-order chi connectivity index (χ0) is 18.5. The van der Waals surface area contributed by atoms with E-state index in [1.807, 2.05) is 0 Å². The van der Waals surface area contributed by atoms with E-state index in [0.717, 1.165) is 0 Å². The van der Waals surface area contributed by atoms with Crippen LogP contribution in [0.1, 0.15) is 11.4 Å². The van der Waals surface area contributed by atoms with Gasteiger partial charge in [-0.3, -0.25) is 4.72 Å². The minimum Gasteiger partial charge on any atom is -0.308 e. The average Bonchev–Trinajstić information content (AvgIpc) is 2.98. The van der Waals surface area contributed by atoms with Crippen molar-refractivity contribution >= 4 is 56.9 Å². The minimum absolute atomic E-state index is 0.0653. The largest absolute Gasteiger partial charge is 0.308 e. The molecule has 3 aromatic rings. The Kier molecular flexibility index (Phi) is 4.48.